The lowest BCUT2D eigenvalue weighted by Gasteiger charge is -2.24. The van der Waals surface area contributed by atoms with Gasteiger partial charge < -0.3 is 15.8 Å². The fraction of sp³-hybridized carbons (Fsp3) is 0.531. The zero-order valence-electron chi connectivity index (χ0n) is 26.9. The molecule has 0 aliphatic heterocycles. The van der Waals surface area contributed by atoms with Crippen molar-refractivity contribution in [3.8, 4) is 5.75 Å². The van der Waals surface area contributed by atoms with E-state index in [1.165, 1.54) is 62.8 Å². The topological polar surface area (TPSA) is 153 Å². The molecule has 1 heterocycles. The van der Waals surface area contributed by atoms with Crippen LogP contribution in [0.2, 0.25) is 0 Å². The number of nitro benzene ring substituents is 1. The minimum atomic E-state index is -0.950. The van der Waals surface area contributed by atoms with Crippen molar-refractivity contribution in [1.82, 2.24) is 15.5 Å². The number of aryl methyl sites for hydroxylation is 1. The van der Waals surface area contributed by atoms with Crippen LogP contribution in [0, 0.1) is 16.0 Å². The minimum absolute atomic E-state index is 0.0724. The number of carbonyl (C=O) groups is 1. The average molecular weight is 588 g/mol. The number of primary amides is 1. The summed E-state index contributed by atoms with van der Waals surface area (Å²) in [6.45, 7) is 15.5. The zero-order valence-corrected chi connectivity index (χ0v) is 26.9. The summed E-state index contributed by atoms with van der Waals surface area (Å²) in [7, 11) is 1.96. The SMILES string of the molecule is CC.CC.CCC.CCCNC.NC(=O)Oc1ccc([N+](=O)[O-])cc1.O=c1[nH]nc(CCC2CCC2)c2ccccc12. The summed E-state index contributed by atoms with van der Waals surface area (Å²) in [5.41, 5.74) is 5.60. The molecule has 10 nitrogen and oxygen atoms in total. The number of nitrogens with two attached hydrogens (primary N) is 1. The van der Waals surface area contributed by atoms with E-state index in [1.807, 2.05) is 59.0 Å². The van der Waals surface area contributed by atoms with Crippen LogP contribution < -0.4 is 21.3 Å². The predicted octanol–water partition coefficient (Wildman–Crippen LogP) is 7.79. The summed E-state index contributed by atoms with van der Waals surface area (Å²) in [4.78, 5) is 31.5. The van der Waals surface area contributed by atoms with E-state index in [0.717, 1.165) is 35.3 Å². The van der Waals surface area contributed by atoms with Gasteiger partial charge in [-0.05, 0) is 57.0 Å². The number of ether oxygens (including phenoxy) is 1. The lowest BCUT2D eigenvalue weighted by Crippen LogP contribution is -2.16. The molecule has 10 heteroatoms. The molecular weight excluding hydrogens is 534 g/mol. The van der Waals surface area contributed by atoms with Crippen molar-refractivity contribution < 1.29 is 14.5 Å². The van der Waals surface area contributed by atoms with Crippen molar-refractivity contribution in [3.63, 3.8) is 0 Å². The largest absolute Gasteiger partial charge is 0.410 e. The van der Waals surface area contributed by atoms with Crippen LogP contribution in [0.5, 0.6) is 5.75 Å². The van der Waals surface area contributed by atoms with Crippen LogP contribution in [0.1, 0.15) is 92.7 Å². The molecule has 1 aromatic heterocycles. The maximum atomic E-state index is 11.6. The van der Waals surface area contributed by atoms with Gasteiger partial charge >= 0.3 is 6.09 Å². The van der Waals surface area contributed by atoms with Crippen molar-refractivity contribution in [2.24, 2.45) is 11.7 Å². The second kappa shape index (κ2) is 26.1. The maximum absolute atomic E-state index is 11.6. The number of nitrogens with zero attached hydrogens (tertiary/aromatic N) is 2. The number of fused-ring (bicyclic) bond motifs is 1. The quantitative estimate of drug-likeness (QED) is 0.188. The molecular formula is C32H53N5O5. The van der Waals surface area contributed by atoms with Crippen LogP contribution in [-0.4, -0.2) is 34.8 Å². The molecule has 4 rings (SSSR count). The van der Waals surface area contributed by atoms with Gasteiger partial charge in [0.15, 0.2) is 0 Å². The third kappa shape index (κ3) is 17.1. The summed E-state index contributed by atoms with van der Waals surface area (Å²) in [6, 6.07) is 12.8. The Morgan fingerprint density at radius 2 is 1.60 bits per heavy atom. The molecule has 0 spiro atoms. The third-order valence-corrected chi connectivity index (χ3v) is 5.56. The van der Waals surface area contributed by atoms with Crippen LogP contribution >= 0.6 is 0 Å². The van der Waals surface area contributed by atoms with Crippen LogP contribution in [0.15, 0.2) is 53.3 Å². The Morgan fingerprint density at radius 1 is 1.05 bits per heavy atom. The van der Waals surface area contributed by atoms with E-state index in [9.17, 15) is 19.7 Å². The number of aromatic amines is 1. The van der Waals surface area contributed by atoms with E-state index >= 15 is 0 Å². The van der Waals surface area contributed by atoms with Gasteiger partial charge in [-0.2, -0.15) is 5.10 Å². The van der Waals surface area contributed by atoms with Gasteiger partial charge in [0.25, 0.3) is 11.2 Å². The Kier molecular flexibility index (Phi) is 25.1. The minimum Gasteiger partial charge on any atom is -0.410 e. The van der Waals surface area contributed by atoms with Crippen LogP contribution in [0.3, 0.4) is 0 Å². The van der Waals surface area contributed by atoms with E-state index in [4.69, 9.17) is 5.73 Å². The van der Waals surface area contributed by atoms with Gasteiger partial charge in [0, 0.05) is 17.5 Å². The van der Waals surface area contributed by atoms with Crippen LogP contribution in [0.4, 0.5) is 10.5 Å². The molecule has 1 amide bonds. The normalized spacial score (nSPS) is 11.0. The molecule has 0 bridgehead atoms. The first kappa shape index (κ1) is 40.3. The van der Waals surface area contributed by atoms with Gasteiger partial charge in [-0.25, -0.2) is 9.89 Å². The fourth-order valence-electron chi connectivity index (χ4n) is 3.49. The van der Waals surface area contributed by atoms with Gasteiger partial charge in [0.05, 0.1) is 16.0 Å². The highest BCUT2D eigenvalue weighted by Gasteiger charge is 2.18. The highest BCUT2D eigenvalue weighted by Crippen LogP contribution is 2.30. The van der Waals surface area contributed by atoms with Gasteiger partial charge in [0.1, 0.15) is 5.75 Å². The second-order valence-electron chi connectivity index (χ2n) is 8.86. The number of nitro groups is 1. The molecule has 3 aromatic rings. The van der Waals surface area contributed by atoms with E-state index in [1.54, 1.807) is 0 Å². The number of benzene rings is 2. The standard InChI is InChI=1S/C14H16N2O.C7H6N2O4.C4H11N.C3H8.2C2H6/c17-14-12-7-2-1-6-11(12)13(15-16-14)9-8-10-4-3-5-10;8-7(10)13-6-3-1-5(2-4-6)9(11)12;1-3-4-5-2;1-3-2;2*1-2/h1-2,6-7,10H,3-5,8-9H2,(H,16,17);1-4H,(H2,8,10);5H,3-4H2,1-2H3;3H2,1-2H3;2*1-2H3. The van der Waals surface area contributed by atoms with E-state index in [0.29, 0.717) is 0 Å². The molecule has 4 N–H and O–H groups in total. The van der Waals surface area contributed by atoms with E-state index in [-0.39, 0.29) is 17.0 Å². The molecule has 0 saturated heterocycles. The first-order valence-electron chi connectivity index (χ1n) is 15.1. The lowest BCUT2D eigenvalue weighted by atomic mass is 9.81. The second-order valence-corrected chi connectivity index (χ2v) is 8.86. The number of amides is 1. The van der Waals surface area contributed by atoms with E-state index in [2.05, 4.69) is 41.0 Å². The van der Waals surface area contributed by atoms with Gasteiger partial charge in [0.2, 0.25) is 0 Å². The number of carbonyl (C=O) groups excluding carboxylic acids is 1. The molecule has 0 atom stereocenters. The lowest BCUT2D eigenvalue weighted by molar-refractivity contribution is -0.384. The molecule has 1 saturated carbocycles. The molecule has 236 valence electrons. The van der Waals surface area contributed by atoms with Crippen LogP contribution in [0.25, 0.3) is 10.8 Å². The number of aromatic nitrogens is 2. The number of hydrogen-bond donors (Lipinski definition) is 3. The Balaban J connectivity index is 0. The highest BCUT2D eigenvalue weighted by atomic mass is 16.6. The Hall–Kier alpha value is -3.79. The molecule has 1 fully saturated rings. The fourth-order valence-corrected chi connectivity index (χ4v) is 3.49. The Labute approximate surface area is 251 Å². The summed E-state index contributed by atoms with van der Waals surface area (Å²) >= 11 is 0. The molecule has 0 unspecified atom stereocenters. The monoisotopic (exact) mass is 587 g/mol. The summed E-state index contributed by atoms with van der Waals surface area (Å²) in [5.74, 6) is 1.06. The molecule has 1 aliphatic rings. The molecule has 1 aliphatic carbocycles. The summed E-state index contributed by atoms with van der Waals surface area (Å²) in [5, 5.41) is 21.8. The number of rotatable bonds is 7. The third-order valence-electron chi connectivity index (χ3n) is 5.56. The number of H-pyrrole nitrogens is 1. The molecule has 0 radical (unpaired) electrons. The van der Waals surface area contributed by atoms with E-state index < -0.39 is 11.0 Å². The van der Waals surface area contributed by atoms with Gasteiger partial charge in [-0.15, -0.1) is 0 Å². The van der Waals surface area contributed by atoms with Crippen molar-refractivity contribution in [1.29, 1.82) is 0 Å². The first-order chi connectivity index (χ1) is 20.3. The first-order valence-corrected chi connectivity index (χ1v) is 15.1. The molecule has 2 aromatic carbocycles. The maximum Gasteiger partial charge on any atom is 0.409 e. The highest BCUT2D eigenvalue weighted by molar-refractivity contribution is 5.83. The van der Waals surface area contributed by atoms with Crippen molar-refractivity contribution in [2.75, 3.05) is 13.6 Å². The van der Waals surface area contributed by atoms with Crippen molar-refractivity contribution >= 4 is 22.6 Å². The molecule has 42 heavy (non-hydrogen) atoms. The number of hydrogen-bond acceptors (Lipinski definition) is 7. The van der Waals surface area contributed by atoms with Crippen LogP contribution in [-0.2, 0) is 6.42 Å². The smallest absolute Gasteiger partial charge is 0.409 e. The zero-order chi connectivity index (χ0) is 32.3. The Morgan fingerprint density at radius 3 is 2.00 bits per heavy atom. The van der Waals surface area contributed by atoms with Crippen molar-refractivity contribution in [3.05, 3.63) is 74.7 Å². The predicted molar refractivity (Wildman–Crippen MR) is 174 cm³/mol. The summed E-state index contributed by atoms with van der Waals surface area (Å²) in [6.07, 6.45) is 7.81. The Bertz CT molecular complexity index is 1160. The number of non-ortho nitro benzene ring substituents is 1. The average Bonchev–Trinajstić information content (AvgIpc) is 2.97. The van der Waals surface area contributed by atoms with Gasteiger partial charge in [-0.1, -0.05) is 92.3 Å². The van der Waals surface area contributed by atoms with Crippen molar-refractivity contribution in [2.45, 2.75) is 93.4 Å². The number of nitrogens with one attached hydrogen (secondary N) is 2. The van der Waals surface area contributed by atoms with Gasteiger partial charge in [-0.3, -0.25) is 14.9 Å². The summed E-state index contributed by atoms with van der Waals surface area (Å²) < 4.78 is 4.47.